The van der Waals surface area contributed by atoms with Crippen LogP contribution in [0.5, 0.6) is 0 Å². The number of halogens is 3. The Kier molecular flexibility index (Phi) is 9.93. The summed E-state index contributed by atoms with van der Waals surface area (Å²) in [5.74, 6) is 0.721. The molecule has 1 aromatic rings. The van der Waals surface area contributed by atoms with Gasteiger partial charge in [-0.25, -0.2) is 0 Å². The zero-order chi connectivity index (χ0) is 12.3. The van der Waals surface area contributed by atoms with Crippen molar-refractivity contribution in [3.63, 3.8) is 0 Å². The van der Waals surface area contributed by atoms with E-state index in [0.717, 1.165) is 19.0 Å². The molecule has 1 aliphatic heterocycles. The summed E-state index contributed by atoms with van der Waals surface area (Å²) in [5.41, 5.74) is 0. The van der Waals surface area contributed by atoms with E-state index in [9.17, 15) is 0 Å². The van der Waals surface area contributed by atoms with Gasteiger partial charge in [0.15, 0.2) is 0 Å². The number of hydrogen-bond donors (Lipinski definition) is 1. The van der Waals surface area contributed by atoms with E-state index in [1.54, 1.807) is 0 Å². The van der Waals surface area contributed by atoms with Crippen LogP contribution in [-0.2, 0) is 0 Å². The highest BCUT2D eigenvalue weighted by atomic mass is 79.9. The molecular formula is C13H23BrCl2N2S. The van der Waals surface area contributed by atoms with Gasteiger partial charge in [-0.15, -0.1) is 36.2 Å². The monoisotopic (exact) mass is 388 g/mol. The van der Waals surface area contributed by atoms with Crippen LogP contribution in [0.4, 0.5) is 0 Å². The predicted octanol–water partition coefficient (Wildman–Crippen LogP) is 4.35. The lowest BCUT2D eigenvalue weighted by atomic mass is 9.95. The maximum Gasteiger partial charge on any atom is 0.0701 e. The van der Waals surface area contributed by atoms with Crippen LogP contribution in [0.25, 0.3) is 0 Å². The second-order valence-corrected chi connectivity index (χ2v) is 7.25. The molecule has 0 aliphatic carbocycles. The Balaban J connectivity index is 0.00000162. The van der Waals surface area contributed by atoms with E-state index in [4.69, 9.17) is 0 Å². The zero-order valence-corrected chi connectivity index (χ0v) is 15.4. The fraction of sp³-hybridized carbons (Fsp3) is 0.692. The summed E-state index contributed by atoms with van der Waals surface area (Å²) in [4.78, 5) is 4.15. The van der Waals surface area contributed by atoms with E-state index in [-0.39, 0.29) is 24.8 Å². The van der Waals surface area contributed by atoms with Crippen molar-refractivity contribution >= 4 is 52.1 Å². The highest BCUT2D eigenvalue weighted by Crippen LogP contribution is 2.36. The van der Waals surface area contributed by atoms with Gasteiger partial charge in [0, 0.05) is 37.1 Å². The Labute approximate surface area is 141 Å². The molecule has 1 fully saturated rings. The third kappa shape index (κ3) is 5.18. The molecule has 0 bridgehead atoms. The van der Waals surface area contributed by atoms with Gasteiger partial charge in [0.1, 0.15) is 0 Å². The Morgan fingerprint density at radius 2 is 1.95 bits per heavy atom. The molecule has 2 heterocycles. The minimum Gasteiger partial charge on any atom is -0.314 e. The van der Waals surface area contributed by atoms with Gasteiger partial charge in [-0.05, 0) is 34.0 Å². The van der Waals surface area contributed by atoms with Crippen LogP contribution < -0.4 is 5.32 Å². The largest absolute Gasteiger partial charge is 0.314 e. The van der Waals surface area contributed by atoms with Gasteiger partial charge in [0.05, 0.1) is 3.79 Å². The molecule has 0 radical (unpaired) electrons. The fourth-order valence-corrected chi connectivity index (χ4v) is 4.18. The van der Waals surface area contributed by atoms with Gasteiger partial charge in [-0.2, -0.15) is 0 Å². The molecule has 2 nitrogen and oxygen atoms in total. The maximum atomic E-state index is 3.58. The van der Waals surface area contributed by atoms with E-state index >= 15 is 0 Å². The number of rotatable bonds is 4. The SMILES string of the molecule is CCC(C)[C@@H](c1ccc(Br)s1)N1CCNCC1.Cl.Cl. The smallest absolute Gasteiger partial charge is 0.0701 e. The average molecular weight is 390 g/mol. The number of hydrogen-bond acceptors (Lipinski definition) is 3. The highest BCUT2D eigenvalue weighted by molar-refractivity contribution is 9.11. The molecule has 1 unspecified atom stereocenters. The van der Waals surface area contributed by atoms with Crippen LogP contribution in [0.2, 0.25) is 0 Å². The summed E-state index contributed by atoms with van der Waals surface area (Å²) in [6, 6.07) is 5.06. The summed E-state index contributed by atoms with van der Waals surface area (Å²) < 4.78 is 1.25. The molecule has 1 aliphatic rings. The first-order chi connectivity index (χ1) is 8.22. The summed E-state index contributed by atoms with van der Waals surface area (Å²) in [6.45, 7) is 9.26. The molecule has 19 heavy (non-hydrogen) atoms. The Morgan fingerprint density at radius 1 is 1.32 bits per heavy atom. The minimum atomic E-state index is 0. The van der Waals surface area contributed by atoms with Crippen molar-refractivity contribution in [1.29, 1.82) is 0 Å². The molecular weight excluding hydrogens is 367 g/mol. The number of piperazine rings is 1. The Hall–Kier alpha value is 0.680. The third-order valence-corrected chi connectivity index (χ3v) is 5.31. The summed E-state index contributed by atoms with van der Waals surface area (Å²) in [7, 11) is 0. The lowest BCUT2D eigenvalue weighted by molar-refractivity contribution is 0.131. The van der Waals surface area contributed by atoms with E-state index < -0.39 is 0 Å². The first-order valence-electron chi connectivity index (χ1n) is 6.42. The van der Waals surface area contributed by atoms with Crippen LogP contribution in [0.3, 0.4) is 0 Å². The van der Waals surface area contributed by atoms with Crippen LogP contribution >= 0.6 is 52.1 Å². The summed E-state index contributed by atoms with van der Waals surface area (Å²) in [5, 5.41) is 3.44. The first kappa shape index (κ1) is 19.7. The van der Waals surface area contributed by atoms with Gasteiger partial charge in [0.2, 0.25) is 0 Å². The Morgan fingerprint density at radius 3 is 2.42 bits per heavy atom. The molecule has 0 amide bonds. The van der Waals surface area contributed by atoms with Gasteiger partial charge < -0.3 is 5.32 Å². The first-order valence-corrected chi connectivity index (χ1v) is 8.03. The van der Waals surface area contributed by atoms with Crippen molar-refractivity contribution in [3.05, 3.63) is 20.8 Å². The normalized spacial score (nSPS) is 19.1. The molecule has 1 N–H and O–H groups in total. The van der Waals surface area contributed by atoms with Crippen LogP contribution in [0.1, 0.15) is 31.2 Å². The zero-order valence-electron chi connectivity index (χ0n) is 11.4. The molecule has 112 valence electrons. The predicted molar refractivity (Wildman–Crippen MR) is 93.2 cm³/mol. The molecule has 0 spiro atoms. The molecule has 0 saturated carbocycles. The topological polar surface area (TPSA) is 15.3 Å². The molecule has 2 rings (SSSR count). The van der Waals surface area contributed by atoms with Gasteiger partial charge in [-0.3, -0.25) is 4.90 Å². The van der Waals surface area contributed by atoms with Crippen molar-refractivity contribution in [2.45, 2.75) is 26.3 Å². The number of nitrogens with one attached hydrogen (secondary N) is 1. The summed E-state index contributed by atoms with van der Waals surface area (Å²) >= 11 is 5.47. The van der Waals surface area contributed by atoms with Gasteiger partial charge >= 0.3 is 0 Å². The Bertz CT molecular complexity index is 356. The second-order valence-electron chi connectivity index (χ2n) is 4.76. The van der Waals surface area contributed by atoms with Crippen molar-refractivity contribution in [3.8, 4) is 0 Å². The van der Waals surface area contributed by atoms with E-state index in [1.165, 1.54) is 28.2 Å². The second kappa shape index (κ2) is 9.59. The van der Waals surface area contributed by atoms with Crippen LogP contribution in [-0.4, -0.2) is 31.1 Å². The van der Waals surface area contributed by atoms with Gasteiger partial charge in [-0.1, -0.05) is 20.3 Å². The summed E-state index contributed by atoms with van der Waals surface area (Å²) in [6.07, 6.45) is 1.24. The average Bonchev–Trinajstić information content (AvgIpc) is 2.77. The van der Waals surface area contributed by atoms with Crippen molar-refractivity contribution in [1.82, 2.24) is 10.2 Å². The standard InChI is InChI=1S/C13H21BrN2S.2ClH/c1-3-10(2)13(11-4-5-12(14)17-11)16-8-6-15-7-9-16;;/h4-5,10,13,15H,3,6-9H2,1-2H3;2*1H/t10?,13-;;/m0../s1. The fourth-order valence-electron chi connectivity index (χ4n) is 2.49. The number of nitrogens with zero attached hydrogens (tertiary/aromatic N) is 1. The lowest BCUT2D eigenvalue weighted by Crippen LogP contribution is -2.46. The third-order valence-electron chi connectivity index (χ3n) is 3.61. The maximum absolute atomic E-state index is 3.58. The quantitative estimate of drug-likeness (QED) is 0.823. The van der Waals surface area contributed by atoms with E-state index in [0.29, 0.717) is 6.04 Å². The number of thiophene rings is 1. The molecule has 0 aromatic carbocycles. The lowest BCUT2D eigenvalue weighted by Gasteiger charge is -2.37. The van der Waals surface area contributed by atoms with Crippen molar-refractivity contribution in [2.24, 2.45) is 5.92 Å². The van der Waals surface area contributed by atoms with Crippen LogP contribution in [0.15, 0.2) is 15.9 Å². The van der Waals surface area contributed by atoms with E-state index in [1.807, 2.05) is 11.3 Å². The highest BCUT2D eigenvalue weighted by Gasteiger charge is 2.27. The molecule has 2 atom stereocenters. The molecule has 1 saturated heterocycles. The van der Waals surface area contributed by atoms with Gasteiger partial charge in [0.25, 0.3) is 0 Å². The van der Waals surface area contributed by atoms with Crippen molar-refractivity contribution < 1.29 is 0 Å². The van der Waals surface area contributed by atoms with Crippen LogP contribution in [0, 0.1) is 5.92 Å². The molecule has 1 aromatic heterocycles. The van der Waals surface area contributed by atoms with Crippen molar-refractivity contribution in [2.75, 3.05) is 26.2 Å². The minimum absolute atomic E-state index is 0. The molecule has 6 heteroatoms. The van der Waals surface area contributed by atoms with E-state index in [2.05, 4.69) is 52.1 Å².